The van der Waals surface area contributed by atoms with Gasteiger partial charge < -0.3 is 15.2 Å². The number of H-pyrrole nitrogens is 1. The number of hydrogen-bond acceptors (Lipinski definition) is 4. The third-order valence-corrected chi connectivity index (χ3v) is 4.52. The van der Waals surface area contributed by atoms with Crippen molar-refractivity contribution in [3.8, 4) is 0 Å². The Morgan fingerprint density at radius 1 is 1.33 bits per heavy atom. The van der Waals surface area contributed by atoms with E-state index in [1.165, 1.54) is 6.20 Å². The smallest absolute Gasteiger partial charge is 0.320 e. The predicted octanol–water partition coefficient (Wildman–Crippen LogP) is 1.73. The number of aromatic amines is 1. The fourth-order valence-corrected chi connectivity index (χ4v) is 2.99. The second kappa shape index (κ2) is 6.86. The molecule has 0 aliphatic carbocycles. The van der Waals surface area contributed by atoms with E-state index < -0.39 is 0 Å². The molecule has 24 heavy (non-hydrogen) atoms. The Balaban J connectivity index is 1.60. The van der Waals surface area contributed by atoms with Gasteiger partial charge in [0.2, 0.25) is 5.91 Å². The number of carbonyl (C=O) groups excluding carboxylic acids is 2. The van der Waals surface area contributed by atoms with E-state index in [1.54, 1.807) is 19.2 Å². The van der Waals surface area contributed by atoms with Gasteiger partial charge in [-0.25, -0.2) is 14.8 Å². The van der Waals surface area contributed by atoms with Crippen LogP contribution in [0.2, 0.25) is 0 Å². The number of likely N-dealkylation sites (tertiary alicyclic amines) is 1. The van der Waals surface area contributed by atoms with E-state index in [1.807, 2.05) is 4.90 Å². The van der Waals surface area contributed by atoms with Gasteiger partial charge in [-0.05, 0) is 24.8 Å². The molecule has 3 rings (SSSR count). The van der Waals surface area contributed by atoms with Crippen LogP contribution in [0, 0.1) is 5.92 Å². The van der Waals surface area contributed by atoms with Crippen molar-refractivity contribution in [3.63, 3.8) is 0 Å². The lowest BCUT2D eigenvalue weighted by atomic mass is 9.97. The lowest BCUT2D eigenvalue weighted by molar-refractivity contribution is -0.128. The Morgan fingerprint density at radius 2 is 2.12 bits per heavy atom. The van der Waals surface area contributed by atoms with Gasteiger partial charge >= 0.3 is 6.03 Å². The summed E-state index contributed by atoms with van der Waals surface area (Å²) >= 11 is 0. The van der Waals surface area contributed by atoms with Gasteiger partial charge in [0.05, 0.1) is 6.20 Å². The van der Waals surface area contributed by atoms with Crippen molar-refractivity contribution in [2.24, 2.45) is 5.92 Å². The van der Waals surface area contributed by atoms with Crippen LogP contribution >= 0.6 is 0 Å². The Labute approximate surface area is 140 Å². The highest BCUT2D eigenvalue weighted by atomic mass is 16.2. The van der Waals surface area contributed by atoms with Crippen molar-refractivity contribution < 1.29 is 9.59 Å². The molecule has 3 heterocycles. The van der Waals surface area contributed by atoms with E-state index in [2.05, 4.69) is 32.5 Å². The predicted molar refractivity (Wildman–Crippen MR) is 90.5 cm³/mol. The van der Waals surface area contributed by atoms with E-state index >= 15 is 0 Å². The first-order chi connectivity index (χ1) is 11.5. The van der Waals surface area contributed by atoms with Crippen LogP contribution in [-0.2, 0) is 4.79 Å². The van der Waals surface area contributed by atoms with Gasteiger partial charge in [-0.15, -0.1) is 0 Å². The molecule has 8 heteroatoms. The number of urea groups is 1. The Bertz CT molecular complexity index is 743. The summed E-state index contributed by atoms with van der Waals surface area (Å²) in [6, 6.07) is 1.53. The number of anilines is 1. The van der Waals surface area contributed by atoms with E-state index in [9.17, 15) is 9.59 Å². The zero-order valence-corrected chi connectivity index (χ0v) is 13.9. The second-order valence-corrected chi connectivity index (χ2v) is 6.23. The van der Waals surface area contributed by atoms with Crippen molar-refractivity contribution in [1.29, 1.82) is 0 Å². The fourth-order valence-electron chi connectivity index (χ4n) is 2.99. The summed E-state index contributed by atoms with van der Waals surface area (Å²) in [4.78, 5) is 37.1. The van der Waals surface area contributed by atoms with Crippen molar-refractivity contribution in [3.05, 3.63) is 18.5 Å². The molecule has 0 radical (unpaired) electrons. The average Bonchev–Trinajstić information content (AvgIpc) is 2.92. The average molecular weight is 330 g/mol. The molecule has 1 aliphatic heterocycles. The quantitative estimate of drug-likeness (QED) is 0.780. The number of fused-ring (bicyclic) bond motifs is 1. The van der Waals surface area contributed by atoms with Crippen LogP contribution in [0.3, 0.4) is 0 Å². The number of nitrogens with zero attached hydrogens (tertiary/aromatic N) is 3. The van der Waals surface area contributed by atoms with Gasteiger partial charge in [-0.1, -0.05) is 6.92 Å². The molecule has 2 unspecified atom stereocenters. The standard InChI is InChI=1S/C16H22N6O2/c1-10-4-7-22(11(2)23)8-5-12(10)20-16(24)21-14-9-18-15-13(19-14)3-6-17-15/h3,6,9-10,12H,4-5,7-8H2,1-2H3,(H,17,18)(H2,19,20,21,24). The van der Waals surface area contributed by atoms with E-state index in [-0.39, 0.29) is 18.0 Å². The Kier molecular flexibility index (Phi) is 4.64. The van der Waals surface area contributed by atoms with Gasteiger partial charge in [-0.3, -0.25) is 10.1 Å². The van der Waals surface area contributed by atoms with Gasteiger partial charge in [0.1, 0.15) is 5.52 Å². The lowest BCUT2D eigenvalue weighted by Gasteiger charge is -2.22. The van der Waals surface area contributed by atoms with E-state index in [0.717, 1.165) is 19.4 Å². The minimum absolute atomic E-state index is 0.0262. The summed E-state index contributed by atoms with van der Waals surface area (Å²) < 4.78 is 0. The summed E-state index contributed by atoms with van der Waals surface area (Å²) in [5, 5.41) is 5.72. The fraction of sp³-hybridized carbons (Fsp3) is 0.500. The second-order valence-electron chi connectivity index (χ2n) is 6.23. The Morgan fingerprint density at radius 3 is 2.92 bits per heavy atom. The molecule has 3 N–H and O–H groups in total. The largest absolute Gasteiger partial charge is 0.345 e. The molecule has 2 atom stereocenters. The third-order valence-electron chi connectivity index (χ3n) is 4.52. The number of carbonyl (C=O) groups is 2. The molecule has 0 saturated carbocycles. The zero-order chi connectivity index (χ0) is 17.1. The van der Waals surface area contributed by atoms with Crippen LogP contribution in [0.5, 0.6) is 0 Å². The summed E-state index contributed by atoms with van der Waals surface area (Å²) in [5.74, 6) is 0.798. The maximum absolute atomic E-state index is 12.2. The van der Waals surface area contributed by atoms with Gasteiger partial charge in [0.25, 0.3) is 0 Å². The van der Waals surface area contributed by atoms with Crippen LogP contribution < -0.4 is 10.6 Å². The van der Waals surface area contributed by atoms with E-state index in [4.69, 9.17) is 0 Å². The van der Waals surface area contributed by atoms with Crippen LogP contribution in [0.25, 0.3) is 11.2 Å². The SMILES string of the molecule is CC(=O)N1CCC(C)C(NC(=O)Nc2cnc3[nH]ccc3n2)CC1. The number of aromatic nitrogens is 3. The van der Waals surface area contributed by atoms with Gasteiger partial charge in [0.15, 0.2) is 11.5 Å². The number of rotatable bonds is 2. The molecule has 1 aliphatic rings. The van der Waals surface area contributed by atoms with Crippen LogP contribution in [0.4, 0.5) is 10.6 Å². The molecular weight excluding hydrogens is 308 g/mol. The topological polar surface area (TPSA) is 103 Å². The first-order valence-corrected chi connectivity index (χ1v) is 8.16. The molecule has 2 aromatic rings. The minimum Gasteiger partial charge on any atom is -0.345 e. The summed E-state index contributed by atoms with van der Waals surface area (Å²) in [7, 11) is 0. The molecule has 0 aromatic carbocycles. The van der Waals surface area contributed by atoms with Gasteiger partial charge in [-0.2, -0.15) is 0 Å². The Hall–Kier alpha value is -2.64. The number of hydrogen-bond donors (Lipinski definition) is 3. The van der Waals surface area contributed by atoms with Crippen molar-refractivity contribution in [2.75, 3.05) is 18.4 Å². The highest BCUT2D eigenvalue weighted by Crippen LogP contribution is 2.18. The molecule has 0 bridgehead atoms. The molecule has 1 saturated heterocycles. The zero-order valence-electron chi connectivity index (χ0n) is 13.9. The van der Waals surface area contributed by atoms with Crippen LogP contribution in [-0.4, -0.2) is 50.9 Å². The molecule has 2 aromatic heterocycles. The summed E-state index contributed by atoms with van der Waals surface area (Å²) in [5.41, 5.74) is 1.38. The van der Waals surface area contributed by atoms with Gasteiger partial charge in [0, 0.05) is 32.3 Å². The maximum atomic E-state index is 12.2. The summed E-state index contributed by atoms with van der Waals surface area (Å²) in [6.07, 6.45) is 4.89. The monoisotopic (exact) mass is 330 g/mol. The minimum atomic E-state index is -0.299. The molecule has 1 fully saturated rings. The number of nitrogens with one attached hydrogen (secondary N) is 3. The molecule has 3 amide bonds. The van der Waals surface area contributed by atoms with Crippen LogP contribution in [0.1, 0.15) is 26.7 Å². The highest BCUT2D eigenvalue weighted by molar-refractivity contribution is 5.89. The van der Waals surface area contributed by atoms with Crippen molar-refractivity contribution in [1.82, 2.24) is 25.2 Å². The lowest BCUT2D eigenvalue weighted by Crippen LogP contribution is -2.42. The molecule has 128 valence electrons. The molecular formula is C16H22N6O2. The molecule has 0 spiro atoms. The first kappa shape index (κ1) is 16.2. The first-order valence-electron chi connectivity index (χ1n) is 8.16. The van der Waals surface area contributed by atoms with Crippen molar-refractivity contribution in [2.45, 2.75) is 32.7 Å². The highest BCUT2D eigenvalue weighted by Gasteiger charge is 2.25. The third kappa shape index (κ3) is 3.64. The normalized spacial score (nSPS) is 21.3. The van der Waals surface area contributed by atoms with Crippen LogP contribution in [0.15, 0.2) is 18.5 Å². The van der Waals surface area contributed by atoms with Crippen molar-refractivity contribution >= 4 is 28.9 Å². The maximum Gasteiger partial charge on any atom is 0.320 e. The van der Waals surface area contributed by atoms with E-state index in [0.29, 0.717) is 29.4 Å². The summed E-state index contributed by atoms with van der Waals surface area (Å²) in [6.45, 7) is 5.09. The molecule has 8 nitrogen and oxygen atoms in total. The number of amides is 3.